The minimum atomic E-state index is -1.17. The summed E-state index contributed by atoms with van der Waals surface area (Å²) in [5, 5.41) is 2.21. The molecule has 0 heterocycles. The third kappa shape index (κ3) is 2.88. The molecule has 0 aliphatic rings. The predicted molar refractivity (Wildman–Crippen MR) is 37.7 cm³/mol. The van der Waals surface area contributed by atoms with Crippen molar-refractivity contribution in [1.29, 1.82) is 0 Å². The molecule has 0 spiro atoms. The van der Waals surface area contributed by atoms with Crippen LogP contribution in [0.15, 0.2) is 0 Å². The number of carbonyl (C=O) groups excluding carboxylic acids is 2. The summed E-state index contributed by atoms with van der Waals surface area (Å²) in [7, 11) is 1.19. The Hall–Kier alpha value is -1.26. The molecule has 5 heteroatoms. The number of amides is 2. The second-order valence-corrected chi connectivity index (χ2v) is 2.57. The summed E-state index contributed by atoms with van der Waals surface area (Å²) in [6, 6.07) is 0. The summed E-state index contributed by atoms with van der Waals surface area (Å²) in [5.41, 5.74) is 5.57. The van der Waals surface area contributed by atoms with E-state index in [4.69, 9.17) is 5.73 Å². The standard InChI is InChI=1S/C6H11N2O3/c1-6(2,4(7)9)8-5(10)11-3/h7H,1-3H3,(H,8,10). The van der Waals surface area contributed by atoms with Crippen LogP contribution in [-0.4, -0.2) is 24.6 Å². The highest BCUT2D eigenvalue weighted by Gasteiger charge is 2.27. The average Bonchev–Trinajstić information content (AvgIpc) is 1.86. The van der Waals surface area contributed by atoms with Crippen LogP contribution in [0.3, 0.4) is 0 Å². The van der Waals surface area contributed by atoms with Crippen molar-refractivity contribution >= 4 is 12.0 Å². The highest BCUT2D eigenvalue weighted by atomic mass is 16.5. The fraction of sp³-hybridized carbons (Fsp3) is 0.667. The molecule has 0 aromatic carbocycles. The second kappa shape index (κ2) is 3.23. The first kappa shape index (κ1) is 9.74. The number of methoxy groups -OCH3 is 1. The van der Waals surface area contributed by atoms with Crippen LogP contribution in [0, 0.1) is 0 Å². The molecule has 0 rings (SSSR count). The van der Waals surface area contributed by atoms with E-state index in [0.717, 1.165) is 0 Å². The summed E-state index contributed by atoms with van der Waals surface area (Å²) in [5.74, 6) is -0.858. The summed E-state index contributed by atoms with van der Waals surface area (Å²) in [6.45, 7) is 2.86. The van der Waals surface area contributed by atoms with E-state index in [9.17, 15) is 9.59 Å². The Bertz CT molecular complexity index is 177. The molecular formula is C6H11N2O3. The molecule has 0 bridgehead atoms. The fourth-order valence-electron chi connectivity index (χ4n) is 0.363. The molecule has 0 fully saturated rings. The maximum Gasteiger partial charge on any atom is 0.407 e. The summed E-state index contributed by atoms with van der Waals surface area (Å²) >= 11 is 0. The Balaban J connectivity index is 4.12. The first-order chi connectivity index (χ1) is 4.90. The Morgan fingerprint density at radius 1 is 1.45 bits per heavy atom. The molecule has 2 amide bonds. The normalized spacial score (nSPS) is 10.5. The fourth-order valence-corrected chi connectivity index (χ4v) is 0.363. The second-order valence-electron chi connectivity index (χ2n) is 2.57. The quantitative estimate of drug-likeness (QED) is 0.612. The van der Waals surface area contributed by atoms with Crippen LogP contribution < -0.4 is 11.1 Å². The zero-order chi connectivity index (χ0) is 9.07. The van der Waals surface area contributed by atoms with Crippen LogP contribution in [-0.2, 0) is 9.53 Å². The van der Waals surface area contributed by atoms with E-state index in [0.29, 0.717) is 0 Å². The number of alkyl carbamates (subject to hydrolysis) is 1. The van der Waals surface area contributed by atoms with Gasteiger partial charge in [-0.15, -0.1) is 0 Å². The molecule has 0 aliphatic carbocycles. The lowest BCUT2D eigenvalue weighted by molar-refractivity contribution is -0.123. The number of hydrogen-bond donors (Lipinski definition) is 1. The molecule has 2 N–H and O–H groups in total. The smallest absolute Gasteiger partial charge is 0.407 e. The van der Waals surface area contributed by atoms with Crippen LogP contribution >= 0.6 is 0 Å². The van der Waals surface area contributed by atoms with Gasteiger partial charge in [-0.25, -0.2) is 4.79 Å². The van der Waals surface area contributed by atoms with Gasteiger partial charge >= 0.3 is 6.09 Å². The molecule has 63 valence electrons. The Morgan fingerprint density at radius 3 is 2.18 bits per heavy atom. The lowest BCUT2D eigenvalue weighted by Crippen LogP contribution is -2.50. The number of hydrogen-bond acceptors (Lipinski definition) is 3. The van der Waals surface area contributed by atoms with Gasteiger partial charge in [-0.3, -0.25) is 10.5 Å². The minimum absolute atomic E-state index is 0.712. The van der Waals surface area contributed by atoms with Crippen LogP contribution in [0.25, 0.3) is 0 Å². The molecule has 5 nitrogen and oxygen atoms in total. The maximum atomic E-state index is 10.6. The van der Waals surface area contributed by atoms with Gasteiger partial charge < -0.3 is 10.1 Å². The van der Waals surface area contributed by atoms with Crippen molar-refractivity contribution in [1.82, 2.24) is 11.1 Å². The van der Waals surface area contributed by atoms with Crippen LogP contribution in [0.1, 0.15) is 13.8 Å². The number of ether oxygens (including phenoxy) is 1. The minimum Gasteiger partial charge on any atom is -0.453 e. The zero-order valence-corrected chi connectivity index (χ0v) is 6.72. The van der Waals surface area contributed by atoms with Gasteiger partial charge in [-0.05, 0) is 13.8 Å². The summed E-state index contributed by atoms with van der Waals surface area (Å²) in [6.07, 6.45) is -0.712. The summed E-state index contributed by atoms with van der Waals surface area (Å²) in [4.78, 5) is 21.1. The van der Waals surface area contributed by atoms with Crippen molar-refractivity contribution in [3.63, 3.8) is 0 Å². The van der Waals surface area contributed by atoms with Crippen molar-refractivity contribution in [3.05, 3.63) is 0 Å². The molecule has 0 unspecified atom stereocenters. The molecular weight excluding hydrogens is 148 g/mol. The molecule has 11 heavy (non-hydrogen) atoms. The third-order valence-electron chi connectivity index (χ3n) is 1.17. The lowest BCUT2D eigenvalue weighted by Gasteiger charge is -2.19. The molecule has 0 saturated carbocycles. The molecule has 0 saturated heterocycles. The molecule has 0 aromatic rings. The SMILES string of the molecule is COC(=O)NC(C)(C)C([NH])=O. The predicted octanol–water partition coefficient (Wildman–Crippen LogP) is -0.0695. The topological polar surface area (TPSA) is 79.2 Å². The molecule has 1 radical (unpaired) electrons. The number of nitrogens with one attached hydrogen (secondary N) is 2. The van der Waals surface area contributed by atoms with Gasteiger partial charge in [-0.1, -0.05) is 0 Å². The first-order valence-corrected chi connectivity index (χ1v) is 3.02. The van der Waals surface area contributed by atoms with Crippen molar-refractivity contribution < 1.29 is 14.3 Å². The van der Waals surface area contributed by atoms with Gasteiger partial charge in [0.15, 0.2) is 0 Å². The van der Waals surface area contributed by atoms with Crippen molar-refractivity contribution in [2.75, 3.05) is 7.11 Å². The highest BCUT2D eigenvalue weighted by molar-refractivity contribution is 5.87. The first-order valence-electron chi connectivity index (χ1n) is 3.02. The van der Waals surface area contributed by atoms with Crippen LogP contribution in [0.5, 0.6) is 0 Å². The van der Waals surface area contributed by atoms with Gasteiger partial charge in [-0.2, -0.15) is 0 Å². The van der Waals surface area contributed by atoms with E-state index in [1.165, 1.54) is 21.0 Å². The average molecular weight is 159 g/mol. The number of rotatable bonds is 2. The van der Waals surface area contributed by atoms with E-state index in [1.807, 2.05) is 0 Å². The highest BCUT2D eigenvalue weighted by Crippen LogP contribution is 2.00. The van der Waals surface area contributed by atoms with Gasteiger partial charge in [0.1, 0.15) is 5.54 Å². The largest absolute Gasteiger partial charge is 0.453 e. The van der Waals surface area contributed by atoms with E-state index < -0.39 is 17.5 Å². The van der Waals surface area contributed by atoms with Gasteiger partial charge in [0.2, 0.25) is 0 Å². The van der Waals surface area contributed by atoms with E-state index in [1.54, 1.807) is 0 Å². The third-order valence-corrected chi connectivity index (χ3v) is 1.17. The van der Waals surface area contributed by atoms with Crippen LogP contribution in [0.2, 0.25) is 0 Å². The summed E-state index contributed by atoms with van der Waals surface area (Å²) < 4.78 is 4.25. The van der Waals surface area contributed by atoms with Crippen molar-refractivity contribution in [3.8, 4) is 0 Å². The zero-order valence-electron chi connectivity index (χ0n) is 6.72. The molecule has 0 aliphatic heterocycles. The monoisotopic (exact) mass is 159 g/mol. The maximum absolute atomic E-state index is 10.6. The Kier molecular flexibility index (Phi) is 2.86. The lowest BCUT2D eigenvalue weighted by atomic mass is 10.1. The van der Waals surface area contributed by atoms with Crippen molar-refractivity contribution in [2.45, 2.75) is 19.4 Å². The van der Waals surface area contributed by atoms with Gasteiger partial charge in [0.05, 0.1) is 7.11 Å². The number of carbonyl (C=O) groups is 2. The Labute approximate surface area is 64.9 Å². The molecule has 0 atom stereocenters. The van der Waals surface area contributed by atoms with E-state index in [2.05, 4.69) is 10.1 Å². The van der Waals surface area contributed by atoms with Gasteiger partial charge in [0, 0.05) is 0 Å². The van der Waals surface area contributed by atoms with Gasteiger partial charge in [0.25, 0.3) is 5.91 Å². The van der Waals surface area contributed by atoms with Crippen molar-refractivity contribution in [2.24, 2.45) is 0 Å². The molecule has 0 aromatic heterocycles. The Morgan fingerprint density at radius 2 is 1.91 bits per heavy atom. The van der Waals surface area contributed by atoms with E-state index >= 15 is 0 Å². The van der Waals surface area contributed by atoms with Crippen LogP contribution in [0.4, 0.5) is 4.79 Å². The van der Waals surface area contributed by atoms with E-state index in [-0.39, 0.29) is 0 Å².